The molecule has 4 aliphatic heterocycles. The summed E-state index contributed by atoms with van der Waals surface area (Å²) in [7, 11) is 0. The Morgan fingerprint density at radius 3 is 1.32 bits per heavy atom. The van der Waals surface area contributed by atoms with Gasteiger partial charge in [0.25, 0.3) is 6.71 Å². The molecule has 7 heteroatoms. The Balaban J connectivity index is 1.04. The molecule has 0 unspecified atom stereocenters. The second-order valence-electron chi connectivity index (χ2n) is 13.9. The zero-order valence-corrected chi connectivity index (χ0v) is 28.5. The van der Waals surface area contributed by atoms with Crippen molar-refractivity contribution < 1.29 is 9.47 Å². The summed E-state index contributed by atoms with van der Waals surface area (Å²) in [6.07, 6.45) is 0. The van der Waals surface area contributed by atoms with Gasteiger partial charge in [0.15, 0.2) is 0 Å². The lowest BCUT2D eigenvalue weighted by Crippen LogP contribution is -2.57. The van der Waals surface area contributed by atoms with Gasteiger partial charge < -0.3 is 9.47 Å². The maximum atomic E-state index is 6.57. The smallest absolute Gasteiger partial charge is 0.260 e. The molecule has 4 heterocycles. The van der Waals surface area contributed by atoms with Crippen LogP contribution in [0.25, 0.3) is 22.3 Å². The molecular formula is C40H33BN2O2S2. The molecule has 0 spiro atoms. The van der Waals surface area contributed by atoms with Crippen LogP contribution < -0.4 is 25.9 Å². The van der Waals surface area contributed by atoms with Crippen molar-refractivity contribution in [1.82, 2.24) is 0 Å². The van der Waals surface area contributed by atoms with Gasteiger partial charge in [-0.15, -0.1) is 0 Å². The van der Waals surface area contributed by atoms with Crippen LogP contribution in [0, 0.1) is 0 Å². The number of aliphatic imine (C=N–C) groups is 2. The molecule has 0 radical (unpaired) electrons. The number of hydrogen-bond acceptors (Lipinski definition) is 6. The first kappa shape index (κ1) is 29.0. The van der Waals surface area contributed by atoms with Gasteiger partial charge >= 0.3 is 0 Å². The number of fused-ring (bicyclic) bond motifs is 4. The van der Waals surface area contributed by atoms with E-state index in [2.05, 4.69) is 125 Å². The maximum Gasteiger partial charge on any atom is 0.260 e. The number of thioether (sulfide) groups is 2. The molecule has 0 N–H and O–H groups in total. The Kier molecular flexibility index (Phi) is 6.57. The van der Waals surface area contributed by atoms with Crippen molar-refractivity contribution in [2.45, 2.75) is 37.2 Å². The third kappa shape index (κ3) is 5.11. The Labute approximate surface area is 284 Å². The highest BCUT2D eigenvalue weighted by molar-refractivity contribution is 8.16. The lowest BCUT2D eigenvalue weighted by Gasteiger charge is -2.33. The molecule has 5 aromatic rings. The molecule has 0 bridgehead atoms. The van der Waals surface area contributed by atoms with Gasteiger partial charge in [-0.3, -0.25) is 9.98 Å². The zero-order valence-electron chi connectivity index (χ0n) is 26.8. The number of nitrogens with zero attached hydrogens (tertiary/aromatic N) is 2. The van der Waals surface area contributed by atoms with Gasteiger partial charge in [-0.05, 0) is 85.1 Å². The minimum absolute atomic E-state index is 0.0306. The average Bonchev–Trinajstić information content (AvgIpc) is 3.64. The Hall–Kier alpha value is -4.20. The maximum absolute atomic E-state index is 6.57. The molecule has 4 aliphatic rings. The van der Waals surface area contributed by atoms with Crippen molar-refractivity contribution in [3.05, 3.63) is 114 Å². The summed E-state index contributed by atoms with van der Waals surface area (Å²) < 4.78 is 13.5. The van der Waals surface area contributed by atoms with E-state index in [9.17, 15) is 0 Å². The molecule has 0 saturated heterocycles. The second-order valence-corrected chi connectivity index (χ2v) is 17.3. The van der Waals surface area contributed by atoms with E-state index in [-0.39, 0.29) is 16.2 Å². The molecule has 230 valence electrons. The van der Waals surface area contributed by atoms with Crippen LogP contribution in [-0.2, 0) is 0 Å². The van der Waals surface area contributed by atoms with Crippen molar-refractivity contribution in [1.29, 1.82) is 0 Å². The lowest BCUT2D eigenvalue weighted by atomic mass is 9.35. The SMILES string of the molecule is CC1(C)CN=C(c2ccc(-c3ccc4c(c3)Oc3cccc5c3B4c3ccc(-c4ccc(C6=NCC(C)(C)S6)cc4)cc3O5)cc2)S1. The van der Waals surface area contributed by atoms with E-state index in [4.69, 9.17) is 19.5 Å². The van der Waals surface area contributed by atoms with Crippen LogP contribution >= 0.6 is 23.5 Å². The highest BCUT2D eigenvalue weighted by Crippen LogP contribution is 2.39. The molecule has 0 atom stereocenters. The minimum atomic E-state index is 0.0306. The summed E-state index contributed by atoms with van der Waals surface area (Å²) in [6.45, 7) is 10.7. The largest absolute Gasteiger partial charge is 0.458 e. The van der Waals surface area contributed by atoms with Crippen LogP contribution in [0.15, 0.2) is 113 Å². The number of benzene rings is 5. The monoisotopic (exact) mass is 648 g/mol. The van der Waals surface area contributed by atoms with Crippen LogP contribution in [-0.4, -0.2) is 39.4 Å². The van der Waals surface area contributed by atoms with E-state index in [1.54, 1.807) is 0 Å². The van der Waals surface area contributed by atoms with Crippen LogP contribution in [0.5, 0.6) is 23.0 Å². The molecule has 4 nitrogen and oxygen atoms in total. The summed E-state index contributed by atoms with van der Waals surface area (Å²) in [6, 6.07) is 36.9. The fourth-order valence-electron chi connectivity index (χ4n) is 6.87. The van der Waals surface area contributed by atoms with E-state index in [0.717, 1.165) is 84.8 Å². The summed E-state index contributed by atoms with van der Waals surface area (Å²) in [5, 5.41) is 2.26. The van der Waals surface area contributed by atoms with E-state index < -0.39 is 0 Å². The van der Waals surface area contributed by atoms with Crippen molar-refractivity contribution >= 4 is 56.7 Å². The quantitative estimate of drug-likeness (QED) is 0.180. The highest BCUT2D eigenvalue weighted by atomic mass is 32.2. The van der Waals surface area contributed by atoms with E-state index in [1.807, 2.05) is 29.6 Å². The Morgan fingerprint density at radius 2 is 0.915 bits per heavy atom. The predicted octanol–water partition coefficient (Wildman–Crippen LogP) is 8.29. The number of ether oxygens (including phenoxy) is 2. The molecule has 0 aromatic heterocycles. The lowest BCUT2D eigenvalue weighted by molar-refractivity contribution is 0.464. The Morgan fingerprint density at radius 1 is 0.511 bits per heavy atom. The summed E-state index contributed by atoms with van der Waals surface area (Å²) >= 11 is 3.72. The van der Waals surface area contributed by atoms with Gasteiger partial charge in [0, 0.05) is 26.1 Å². The first-order valence-corrected chi connectivity index (χ1v) is 17.8. The Bertz CT molecular complexity index is 2000. The molecule has 0 saturated carbocycles. The normalized spacial score (nSPS) is 17.9. The molecule has 5 aromatic carbocycles. The van der Waals surface area contributed by atoms with Crippen molar-refractivity contribution in [2.24, 2.45) is 9.98 Å². The van der Waals surface area contributed by atoms with E-state index in [0.29, 0.717) is 0 Å². The van der Waals surface area contributed by atoms with Crippen molar-refractivity contribution in [3.8, 4) is 45.3 Å². The summed E-state index contributed by atoms with van der Waals surface area (Å²) in [5.41, 5.74) is 10.4. The van der Waals surface area contributed by atoms with E-state index in [1.165, 1.54) is 11.1 Å². The fraction of sp³-hybridized carbons (Fsp3) is 0.200. The van der Waals surface area contributed by atoms with Gasteiger partial charge in [0.05, 0.1) is 23.2 Å². The van der Waals surface area contributed by atoms with Crippen LogP contribution in [0.1, 0.15) is 38.8 Å². The standard InChI is InChI=1S/C40H33BN2O2S2/c1-39(2)22-42-37(46-39)26-12-8-24(9-13-26)28-16-18-30-34(20-28)44-32-6-5-7-33-36(32)41(30)31-19-17-29(21-35(31)45-33)25-10-14-27(15-11-25)38-43-23-40(3,4)47-38/h5-21H,22-23H2,1-4H3. The van der Waals surface area contributed by atoms with Gasteiger partial charge in [-0.1, -0.05) is 102 Å². The topological polar surface area (TPSA) is 43.2 Å². The predicted molar refractivity (Wildman–Crippen MR) is 201 cm³/mol. The number of rotatable bonds is 4. The van der Waals surface area contributed by atoms with Gasteiger partial charge in [-0.2, -0.15) is 0 Å². The van der Waals surface area contributed by atoms with Gasteiger partial charge in [0.1, 0.15) is 23.0 Å². The average molecular weight is 649 g/mol. The van der Waals surface area contributed by atoms with Crippen molar-refractivity contribution in [2.75, 3.05) is 13.1 Å². The highest BCUT2D eigenvalue weighted by Gasteiger charge is 2.40. The molecular weight excluding hydrogens is 615 g/mol. The van der Waals surface area contributed by atoms with E-state index >= 15 is 0 Å². The summed E-state index contributed by atoms with van der Waals surface area (Å²) in [5.74, 6) is 3.49. The first-order chi connectivity index (χ1) is 22.7. The van der Waals surface area contributed by atoms with Crippen LogP contribution in [0.4, 0.5) is 0 Å². The second kappa shape index (κ2) is 10.7. The first-order valence-electron chi connectivity index (χ1n) is 16.1. The zero-order chi connectivity index (χ0) is 31.9. The fourth-order valence-corrected chi connectivity index (χ4v) is 8.94. The molecule has 0 amide bonds. The number of hydrogen-bond donors (Lipinski definition) is 0. The van der Waals surface area contributed by atoms with Gasteiger partial charge in [0.2, 0.25) is 0 Å². The molecule has 9 rings (SSSR count). The third-order valence-corrected chi connectivity index (χ3v) is 11.8. The molecule has 0 fully saturated rings. The molecule has 0 aliphatic carbocycles. The van der Waals surface area contributed by atoms with Crippen molar-refractivity contribution in [3.63, 3.8) is 0 Å². The summed E-state index contributed by atoms with van der Waals surface area (Å²) in [4.78, 5) is 9.56. The molecule has 47 heavy (non-hydrogen) atoms. The van der Waals surface area contributed by atoms with Crippen LogP contribution in [0.2, 0.25) is 0 Å². The third-order valence-electron chi connectivity index (χ3n) is 9.29. The van der Waals surface area contributed by atoms with Crippen LogP contribution in [0.3, 0.4) is 0 Å². The van der Waals surface area contributed by atoms with Gasteiger partial charge in [-0.25, -0.2) is 0 Å². The minimum Gasteiger partial charge on any atom is -0.458 e.